The lowest BCUT2D eigenvalue weighted by Crippen LogP contribution is -2.29. The molecule has 2 rings (SSSR count). The number of carbonyl (C=O) groups is 2. The largest absolute Gasteiger partial charge is 0.505 e. The van der Waals surface area contributed by atoms with Crippen molar-refractivity contribution in [3.63, 3.8) is 0 Å². The van der Waals surface area contributed by atoms with E-state index in [9.17, 15) is 14.7 Å². The third-order valence-corrected chi connectivity index (χ3v) is 2.28. The number of hydrogen-bond acceptors (Lipinski definition) is 6. The van der Waals surface area contributed by atoms with Crippen LogP contribution < -0.4 is 5.32 Å². The van der Waals surface area contributed by atoms with Crippen LogP contribution in [0.4, 0.5) is 0 Å². The number of aromatic hydroxyl groups is 1. The van der Waals surface area contributed by atoms with Crippen LogP contribution in [0.5, 0.6) is 5.75 Å². The van der Waals surface area contributed by atoms with Crippen LogP contribution in [0, 0.1) is 6.92 Å². The van der Waals surface area contributed by atoms with Crippen LogP contribution in [0.2, 0.25) is 0 Å². The van der Waals surface area contributed by atoms with Crippen molar-refractivity contribution in [3.05, 3.63) is 17.6 Å². The number of aryl methyl sites for hydroxylation is 1. The van der Waals surface area contributed by atoms with Gasteiger partial charge in [-0.25, -0.2) is 4.98 Å². The van der Waals surface area contributed by atoms with Gasteiger partial charge in [0.15, 0.2) is 17.0 Å². The zero-order valence-electron chi connectivity index (χ0n) is 9.30. The van der Waals surface area contributed by atoms with Crippen LogP contribution >= 0.6 is 0 Å². The molecule has 0 aliphatic heterocycles. The van der Waals surface area contributed by atoms with E-state index in [1.807, 2.05) is 0 Å². The molecule has 2 aromatic heterocycles. The predicted molar refractivity (Wildman–Crippen MR) is 58.2 cm³/mol. The lowest BCUT2D eigenvalue weighted by Gasteiger charge is -2.04. The molecule has 2 aromatic rings. The van der Waals surface area contributed by atoms with Crippen LogP contribution in [-0.2, 0) is 4.79 Å². The minimum absolute atomic E-state index is 0.250. The molecule has 0 fully saturated rings. The number of amides is 1. The van der Waals surface area contributed by atoms with E-state index in [1.165, 1.54) is 6.20 Å². The summed E-state index contributed by atoms with van der Waals surface area (Å²) in [5, 5.41) is 24.3. The highest BCUT2D eigenvalue weighted by molar-refractivity contribution is 6.01. The molecular weight excluding hydrogens is 242 g/mol. The molecule has 0 bridgehead atoms. The van der Waals surface area contributed by atoms with Gasteiger partial charge < -0.3 is 20.1 Å². The van der Waals surface area contributed by atoms with Crippen molar-refractivity contribution in [2.24, 2.45) is 0 Å². The Labute approximate surface area is 100 Å². The fourth-order valence-corrected chi connectivity index (χ4v) is 1.47. The molecule has 18 heavy (non-hydrogen) atoms. The minimum Gasteiger partial charge on any atom is -0.505 e. The Morgan fingerprint density at radius 3 is 2.89 bits per heavy atom. The average molecular weight is 251 g/mol. The lowest BCUT2D eigenvalue weighted by molar-refractivity contribution is -0.135. The van der Waals surface area contributed by atoms with Crippen LogP contribution in [0.25, 0.3) is 11.0 Å². The minimum atomic E-state index is -1.19. The van der Waals surface area contributed by atoms with E-state index in [4.69, 9.17) is 9.63 Å². The molecule has 8 heteroatoms. The Balaban J connectivity index is 2.39. The number of rotatable bonds is 3. The summed E-state index contributed by atoms with van der Waals surface area (Å²) in [5.41, 5.74) is 0.395. The number of carboxylic acids is 1. The second-order valence-electron chi connectivity index (χ2n) is 3.54. The number of hydrogen-bond donors (Lipinski definition) is 3. The van der Waals surface area contributed by atoms with Gasteiger partial charge in [0.1, 0.15) is 6.54 Å². The monoisotopic (exact) mass is 251 g/mol. The predicted octanol–water partition coefficient (Wildman–Crippen LogP) is 0.0512. The van der Waals surface area contributed by atoms with E-state index in [2.05, 4.69) is 15.5 Å². The molecular formula is C10H9N3O5. The van der Waals surface area contributed by atoms with E-state index in [-0.39, 0.29) is 22.4 Å². The number of carboxylic acid groups (broad SMARTS) is 1. The zero-order chi connectivity index (χ0) is 13.3. The van der Waals surface area contributed by atoms with Gasteiger partial charge in [0.05, 0.1) is 17.3 Å². The molecule has 0 radical (unpaired) electrons. The Morgan fingerprint density at radius 1 is 1.50 bits per heavy atom. The molecule has 1 amide bonds. The Kier molecular flexibility index (Phi) is 2.84. The standard InChI is InChI=1S/C10H9N3O5/c1-4-7-5(18-13-4)2-11-8(9(7)16)10(17)12-3-6(14)15/h2,16H,3H2,1H3,(H,12,17)(H,14,15). The topological polar surface area (TPSA) is 126 Å². The highest BCUT2D eigenvalue weighted by atomic mass is 16.5. The SMILES string of the molecule is Cc1noc2cnc(C(=O)NCC(=O)O)c(O)c12. The summed E-state index contributed by atoms with van der Waals surface area (Å²) in [7, 11) is 0. The van der Waals surface area contributed by atoms with Gasteiger partial charge in [-0.05, 0) is 6.92 Å². The second kappa shape index (κ2) is 4.32. The molecule has 3 N–H and O–H groups in total. The first-order valence-corrected chi connectivity index (χ1v) is 4.94. The second-order valence-corrected chi connectivity index (χ2v) is 3.54. The molecule has 0 aliphatic carbocycles. The van der Waals surface area contributed by atoms with E-state index >= 15 is 0 Å². The van der Waals surface area contributed by atoms with Gasteiger partial charge in [0.25, 0.3) is 5.91 Å². The number of nitrogens with one attached hydrogen (secondary N) is 1. The molecule has 0 spiro atoms. The number of carbonyl (C=O) groups excluding carboxylic acids is 1. The first-order chi connectivity index (χ1) is 8.50. The van der Waals surface area contributed by atoms with Crippen molar-refractivity contribution >= 4 is 22.8 Å². The molecule has 0 aromatic carbocycles. The maximum atomic E-state index is 11.6. The summed E-state index contributed by atoms with van der Waals surface area (Å²) in [4.78, 5) is 25.6. The maximum Gasteiger partial charge on any atom is 0.322 e. The van der Waals surface area contributed by atoms with Gasteiger partial charge in [0, 0.05) is 0 Å². The van der Waals surface area contributed by atoms with E-state index < -0.39 is 18.4 Å². The third-order valence-electron chi connectivity index (χ3n) is 2.28. The summed E-state index contributed by atoms with van der Waals surface area (Å²) >= 11 is 0. The van der Waals surface area contributed by atoms with Crippen molar-refractivity contribution in [1.29, 1.82) is 0 Å². The average Bonchev–Trinajstić information content (AvgIpc) is 2.69. The van der Waals surface area contributed by atoms with Crippen molar-refractivity contribution < 1.29 is 24.3 Å². The molecule has 0 saturated carbocycles. The van der Waals surface area contributed by atoms with Gasteiger partial charge in [0.2, 0.25) is 0 Å². The van der Waals surface area contributed by atoms with Crippen molar-refractivity contribution in [3.8, 4) is 5.75 Å². The smallest absolute Gasteiger partial charge is 0.322 e. The molecule has 0 saturated heterocycles. The van der Waals surface area contributed by atoms with Crippen molar-refractivity contribution in [2.45, 2.75) is 6.92 Å². The summed E-state index contributed by atoms with van der Waals surface area (Å²) in [6.45, 7) is 1.05. The fraction of sp³-hybridized carbons (Fsp3) is 0.200. The normalized spacial score (nSPS) is 10.5. The van der Waals surface area contributed by atoms with Crippen LogP contribution in [0.3, 0.4) is 0 Å². The van der Waals surface area contributed by atoms with Gasteiger partial charge in [-0.1, -0.05) is 5.16 Å². The number of fused-ring (bicyclic) bond motifs is 1. The van der Waals surface area contributed by atoms with Gasteiger partial charge >= 0.3 is 5.97 Å². The van der Waals surface area contributed by atoms with Crippen molar-refractivity contribution in [2.75, 3.05) is 6.54 Å². The quantitative estimate of drug-likeness (QED) is 0.703. The van der Waals surface area contributed by atoms with Crippen LogP contribution in [0.1, 0.15) is 16.2 Å². The molecule has 94 valence electrons. The zero-order valence-corrected chi connectivity index (χ0v) is 9.30. The summed E-state index contributed by atoms with van der Waals surface area (Å²) in [5.74, 6) is -2.35. The highest BCUT2D eigenvalue weighted by Crippen LogP contribution is 2.29. The maximum absolute atomic E-state index is 11.6. The van der Waals surface area contributed by atoms with E-state index in [0.717, 1.165) is 0 Å². The summed E-state index contributed by atoms with van der Waals surface area (Å²) < 4.78 is 4.86. The van der Waals surface area contributed by atoms with E-state index in [1.54, 1.807) is 6.92 Å². The third kappa shape index (κ3) is 1.95. The Hall–Kier alpha value is -2.64. The Morgan fingerprint density at radius 2 is 2.22 bits per heavy atom. The van der Waals surface area contributed by atoms with Gasteiger partial charge in [-0.2, -0.15) is 0 Å². The molecule has 0 aliphatic rings. The van der Waals surface area contributed by atoms with Crippen LogP contribution in [-0.4, -0.2) is 38.8 Å². The molecule has 2 heterocycles. The number of aliphatic carboxylic acids is 1. The van der Waals surface area contributed by atoms with Gasteiger partial charge in [-0.15, -0.1) is 0 Å². The molecule has 8 nitrogen and oxygen atoms in total. The first kappa shape index (κ1) is 11.8. The number of nitrogens with zero attached hydrogens (tertiary/aromatic N) is 2. The van der Waals surface area contributed by atoms with Crippen LogP contribution in [0.15, 0.2) is 10.7 Å². The first-order valence-electron chi connectivity index (χ1n) is 4.94. The number of aromatic nitrogens is 2. The van der Waals surface area contributed by atoms with Gasteiger partial charge in [-0.3, -0.25) is 9.59 Å². The summed E-state index contributed by atoms with van der Waals surface area (Å²) in [6, 6.07) is 0. The fourth-order valence-electron chi connectivity index (χ4n) is 1.47. The van der Waals surface area contributed by atoms with Crippen molar-refractivity contribution in [1.82, 2.24) is 15.5 Å². The Bertz CT molecular complexity index is 634. The lowest BCUT2D eigenvalue weighted by atomic mass is 10.2. The highest BCUT2D eigenvalue weighted by Gasteiger charge is 2.19. The number of pyridine rings is 1. The molecule has 0 atom stereocenters. The van der Waals surface area contributed by atoms with E-state index in [0.29, 0.717) is 5.69 Å². The summed E-state index contributed by atoms with van der Waals surface area (Å²) in [6.07, 6.45) is 1.24. The molecule has 0 unspecified atom stereocenters.